The number of halogens is 2. The molecule has 0 spiro atoms. The molecule has 1 aromatic carbocycles. The first kappa shape index (κ1) is 17.0. The molecule has 1 fully saturated rings. The monoisotopic (exact) mass is 330 g/mol. The van der Waals surface area contributed by atoms with Crippen molar-refractivity contribution < 1.29 is 4.74 Å². The molecular weight excluding hydrogens is 307 g/mol. The fourth-order valence-corrected chi connectivity index (χ4v) is 3.35. The van der Waals surface area contributed by atoms with Crippen molar-refractivity contribution in [2.45, 2.75) is 38.3 Å². The van der Waals surface area contributed by atoms with Gasteiger partial charge in [-0.2, -0.15) is 0 Å². The van der Waals surface area contributed by atoms with E-state index in [1.807, 2.05) is 18.2 Å². The first-order chi connectivity index (χ1) is 10.2. The molecule has 2 rings (SSSR count). The molecular formula is C16H24Cl2N2O. The van der Waals surface area contributed by atoms with Gasteiger partial charge >= 0.3 is 0 Å². The van der Waals surface area contributed by atoms with Crippen LogP contribution in [0.15, 0.2) is 18.2 Å². The van der Waals surface area contributed by atoms with Crippen LogP contribution >= 0.6 is 23.2 Å². The number of rotatable bonds is 6. The summed E-state index contributed by atoms with van der Waals surface area (Å²) in [5.74, 6) is 0. The quantitative estimate of drug-likeness (QED) is 0.860. The van der Waals surface area contributed by atoms with Crippen molar-refractivity contribution in [1.82, 2.24) is 4.90 Å². The Hall–Kier alpha value is -0.320. The summed E-state index contributed by atoms with van der Waals surface area (Å²) in [5.41, 5.74) is 7.03. The summed E-state index contributed by atoms with van der Waals surface area (Å²) in [7, 11) is 0. The van der Waals surface area contributed by atoms with Crippen LogP contribution in [0, 0.1) is 0 Å². The third-order valence-corrected chi connectivity index (χ3v) is 4.81. The van der Waals surface area contributed by atoms with Crippen molar-refractivity contribution in [1.29, 1.82) is 0 Å². The van der Waals surface area contributed by atoms with Crippen LogP contribution in [0.2, 0.25) is 10.0 Å². The second kappa shape index (κ2) is 8.35. The predicted octanol–water partition coefficient (Wildman–Crippen LogP) is 3.88. The van der Waals surface area contributed by atoms with Gasteiger partial charge in [-0.05, 0) is 37.4 Å². The van der Waals surface area contributed by atoms with Crippen LogP contribution in [0.3, 0.4) is 0 Å². The normalized spacial score (nSPS) is 21.4. The van der Waals surface area contributed by atoms with E-state index in [0.29, 0.717) is 22.7 Å². The standard InChI is InChI=1S/C16H24Cl2N2O/c1-2-9-21-12-5-4-8-20(11-12)15(10-19)13-6-3-7-14(17)16(13)18/h3,6-7,12,15H,2,4-5,8-11,19H2,1H3. The van der Waals surface area contributed by atoms with Crippen LogP contribution in [0.1, 0.15) is 37.8 Å². The lowest BCUT2D eigenvalue weighted by Gasteiger charge is -2.38. The lowest BCUT2D eigenvalue weighted by atomic mass is 10.0. The number of piperidine rings is 1. The Morgan fingerprint density at radius 3 is 2.95 bits per heavy atom. The van der Waals surface area contributed by atoms with Crippen LogP contribution in [-0.4, -0.2) is 37.2 Å². The molecule has 1 aliphatic rings. The molecule has 118 valence electrons. The lowest BCUT2D eigenvalue weighted by Crippen LogP contribution is -2.44. The number of nitrogens with two attached hydrogens (primary N) is 1. The van der Waals surface area contributed by atoms with Crippen molar-refractivity contribution in [2.75, 3.05) is 26.2 Å². The fraction of sp³-hybridized carbons (Fsp3) is 0.625. The molecule has 1 heterocycles. The molecule has 1 aromatic rings. The molecule has 3 nitrogen and oxygen atoms in total. The van der Waals surface area contributed by atoms with E-state index in [-0.39, 0.29) is 6.04 Å². The SMILES string of the molecule is CCCOC1CCCN(C(CN)c2cccc(Cl)c2Cl)C1. The minimum Gasteiger partial charge on any atom is -0.377 e. The number of ether oxygens (including phenoxy) is 1. The van der Waals surface area contributed by atoms with Crippen LogP contribution in [0.5, 0.6) is 0 Å². The van der Waals surface area contributed by atoms with Crippen LogP contribution in [-0.2, 0) is 4.74 Å². The molecule has 0 amide bonds. The van der Waals surface area contributed by atoms with Crippen LogP contribution < -0.4 is 5.73 Å². The fourth-order valence-electron chi connectivity index (χ4n) is 2.92. The molecule has 0 bridgehead atoms. The Kier molecular flexibility index (Phi) is 6.77. The molecule has 0 radical (unpaired) electrons. The molecule has 21 heavy (non-hydrogen) atoms. The van der Waals surface area contributed by atoms with Gasteiger partial charge in [-0.3, -0.25) is 4.90 Å². The second-order valence-corrected chi connectivity index (χ2v) is 6.31. The smallest absolute Gasteiger partial charge is 0.0702 e. The Labute approximate surface area is 137 Å². The summed E-state index contributed by atoms with van der Waals surface area (Å²) in [6.07, 6.45) is 3.60. The van der Waals surface area contributed by atoms with Gasteiger partial charge in [0.15, 0.2) is 0 Å². The summed E-state index contributed by atoms with van der Waals surface area (Å²) < 4.78 is 5.91. The largest absolute Gasteiger partial charge is 0.377 e. The van der Waals surface area contributed by atoms with Gasteiger partial charge in [0.05, 0.1) is 16.1 Å². The summed E-state index contributed by atoms with van der Waals surface area (Å²) >= 11 is 12.5. The molecule has 1 aliphatic heterocycles. The van der Waals surface area contributed by atoms with E-state index in [4.69, 9.17) is 33.7 Å². The van der Waals surface area contributed by atoms with Crippen molar-refractivity contribution >= 4 is 23.2 Å². The van der Waals surface area contributed by atoms with E-state index < -0.39 is 0 Å². The Morgan fingerprint density at radius 1 is 1.43 bits per heavy atom. The number of likely N-dealkylation sites (tertiary alicyclic amines) is 1. The van der Waals surface area contributed by atoms with Crippen LogP contribution in [0.25, 0.3) is 0 Å². The highest BCUT2D eigenvalue weighted by molar-refractivity contribution is 6.42. The Morgan fingerprint density at radius 2 is 2.24 bits per heavy atom. The predicted molar refractivity (Wildman–Crippen MR) is 89.1 cm³/mol. The summed E-state index contributed by atoms with van der Waals surface area (Å²) in [6.45, 7) is 5.42. The topological polar surface area (TPSA) is 38.5 Å². The third-order valence-electron chi connectivity index (χ3n) is 3.97. The van der Waals surface area contributed by atoms with E-state index in [1.165, 1.54) is 0 Å². The van der Waals surface area contributed by atoms with Crippen molar-refractivity contribution in [2.24, 2.45) is 5.73 Å². The zero-order valence-corrected chi connectivity index (χ0v) is 14.0. The molecule has 5 heteroatoms. The Bertz CT molecular complexity index is 456. The van der Waals surface area contributed by atoms with Crippen LogP contribution in [0.4, 0.5) is 0 Å². The van der Waals surface area contributed by atoms with Gasteiger partial charge < -0.3 is 10.5 Å². The van der Waals surface area contributed by atoms with Gasteiger partial charge in [-0.25, -0.2) is 0 Å². The minimum absolute atomic E-state index is 0.101. The molecule has 2 unspecified atom stereocenters. The zero-order chi connectivity index (χ0) is 15.2. The van der Waals surface area contributed by atoms with Gasteiger partial charge in [0.1, 0.15) is 0 Å². The van der Waals surface area contributed by atoms with Gasteiger partial charge in [-0.15, -0.1) is 0 Å². The molecule has 1 saturated heterocycles. The highest BCUT2D eigenvalue weighted by atomic mass is 35.5. The van der Waals surface area contributed by atoms with Gasteiger partial charge in [0.25, 0.3) is 0 Å². The number of hydrogen-bond donors (Lipinski definition) is 1. The lowest BCUT2D eigenvalue weighted by molar-refractivity contribution is -0.0118. The van der Waals surface area contributed by atoms with Crippen molar-refractivity contribution in [3.05, 3.63) is 33.8 Å². The molecule has 2 N–H and O–H groups in total. The summed E-state index contributed by atoms with van der Waals surface area (Å²) in [4.78, 5) is 2.38. The molecule has 2 atom stereocenters. The molecule has 0 saturated carbocycles. The van der Waals surface area contributed by atoms with Gasteiger partial charge in [-0.1, -0.05) is 42.3 Å². The number of benzene rings is 1. The minimum atomic E-state index is 0.101. The molecule has 0 aliphatic carbocycles. The van der Waals surface area contributed by atoms with E-state index in [0.717, 1.165) is 44.5 Å². The first-order valence-corrected chi connectivity index (χ1v) is 8.42. The maximum absolute atomic E-state index is 6.36. The summed E-state index contributed by atoms with van der Waals surface area (Å²) in [5, 5.41) is 1.20. The number of hydrogen-bond acceptors (Lipinski definition) is 3. The van der Waals surface area contributed by atoms with Crippen molar-refractivity contribution in [3.8, 4) is 0 Å². The van der Waals surface area contributed by atoms with Gasteiger partial charge in [0.2, 0.25) is 0 Å². The average Bonchev–Trinajstić information content (AvgIpc) is 2.50. The van der Waals surface area contributed by atoms with E-state index >= 15 is 0 Å². The average molecular weight is 331 g/mol. The van der Waals surface area contributed by atoms with E-state index in [1.54, 1.807) is 0 Å². The first-order valence-electron chi connectivity index (χ1n) is 7.67. The zero-order valence-electron chi connectivity index (χ0n) is 12.5. The number of nitrogens with zero attached hydrogens (tertiary/aromatic N) is 1. The highest BCUT2D eigenvalue weighted by Crippen LogP contribution is 2.33. The van der Waals surface area contributed by atoms with E-state index in [2.05, 4.69) is 11.8 Å². The molecule has 0 aromatic heterocycles. The maximum Gasteiger partial charge on any atom is 0.0702 e. The van der Waals surface area contributed by atoms with E-state index in [9.17, 15) is 0 Å². The highest BCUT2D eigenvalue weighted by Gasteiger charge is 2.28. The second-order valence-electron chi connectivity index (χ2n) is 5.52. The Balaban J connectivity index is 2.11. The van der Waals surface area contributed by atoms with Crippen molar-refractivity contribution in [3.63, 3.8) is 0 Å². The maximum atomic E-state index is 6.36. The third kappa shape index (κ3) is 4.33. The summed E-state index contributed by atoms with van der Waals surface area (Å²) in [6, 6.07) is 5.86. The van der Waals surface area contributed by atoms with Gasteiger partial charge in [0, 0.05) is 25.7 Å².